The maximum atomic E-state index is 12.0. The summed E-state index contributed by atoms with van der Waals surface area (Å²) in [6.45, 7) is 4.37. The summed E-state index contributed by atoms with van der Waals surface area (Å²) in [6, 6.07) is 1.62. The SMILES string of the molecule is Cc1ncsc1CCC(=O)NCC1CCN(c2cnn(C)c(=O)c2)C1. The zero-order valence-corrected chi connectivity index (χ0v) is 15.4. The van der Waals surface area contributed by atoms with E-state index in [0.717, 1.165) is 37.3 Å². The first-order valence-corrected chi connectivity index (χ1v) is 9.35. The summed E-state index contributed by atoms with van der Waals surface area (Å²) in [5.74, 6) is 0.486. The first-order chi connectivity index (χ1) is 12.0. The summed E-state index contributed by atoms with van der Waals surface area (Å²) < 4.78 is 1.32. The highest BCUT2D eigenvalue weighted by atomic mass is 32.1. The summed E-state index contributed by atoms with van der Waals surface area (Å²) in [5, 5.41) is 7.10. The van der Waals surface area contributed by atoms with Crippen LogP contribution in [0.15, 0.2) is 22.6 Å². The third-order valence-corrected chi connectivity index (χ3v) is 5.61. The van der Waals surface area contributed by atoms with Gasteiger partial charge < -0.3 is 10.2 Å². The Morgan fingerprint density at radius 1 is 1.48 bits per heavy atom. The Balaban J connectivity index is 1.43. The number of carbonyl (C=O) groups is 1. The lowest BCUT2D eigenvalue weighted by Gasteiger charge is -2.18. The highest BCUT2D eigenvalue weighted by molar-refractivity contribution is 7.09. The summed E-state index contributed by atoms with van der Waals surface area (Å²) in [5.41, 5.74) is 3.60. The summed E-state index contributed by atoms with van der Waals surface area (Å²) >= 11 is 1.60. The molecule has 1 fully saturated rings. The molecule has 1 aliphatic heterocycles. The van der Waals surface area contributed by atoms with Crippen LogP contribution in [-0.4, -0.2) is 40.3 Å². The maximum absolute atomic E-state index is 12.0. The Bertz CT molecular complexity index is 800. The molecule has 25 heavy (non-hydrogen) atoms. The van der Waals surface area contributed by atoms with E-state index >= 15 is 0 Å². The molecule has 1 aliphatic rings. The van der Waals surface area contributed by atoms with Gasteiger partial charge in [0, 0.05) is 44.0 Å². The van der Waals surface area contributed by atoms with Crippen molar-refractivity contribution in [2.75, 3.05) is 24.5 Å². The van der Waals surface area contributed by atoms with Gasteiger partial charge in [-0.25, -0.2) is 9.67 Å². The molecule has 0 spiro atoms. The molecule has 134 valence electrons. The number of anilines is 1. The first-order valence-electron chi connectivity index (χ1n) is 8.47. The Morgan fingerprint density at radius 3 is 3.04 bits per heavy atom. The van der Waals surface area contributed by atoms with Gasteiger partial charge in [-0.3, -0.25) is 9.59 Å². The molecule has 1 saturated heterocycles. The quantitative estimate of drug-likeness (QED) is 0.834. The lowest BCUT2D eigenvalue weighted by molar-refractivity contribution is -0.121. The Hall–Kier alpha value is -2.22. The van der Waals surface area contributed by atoms with E-state index in [1.807, 2.05) is 12.4 Å². The maximum Gasteiger partial charge on any atom is 0.268 e. The van der Waals surface area contributed by atoms with Gasteiger partial charge in [0.25, 0.3) is 5.56 Å². The van der Waals surface area contributed by atoms with Crippen LogP contribution in [0, 0.1) is 12.8 Å². The van der Waals surface area contributed by atoms with E-state index in [1.54, 1.807) is 30.6 Å². The first kappa shape index (κ1) is 17.6. The number of rotatable bonds is 6. The van der Waals surface area contributed by atoms with Gasteiger partial charge in [-0.15, -0.1) is 11.3 Å². The molecule has 0 saturated carbocycles. The largest absolute Gasteiger partial charge is 0.370 e. The van der Waals surface area contributed by atoms with Crippen molar-refractivity contribution in [2.45, 2.75) is 26.2 Å². The standard InChI is InChI=1S/C17H23N5O2S/c1-12-15(25-11-19-12)3-4-16(23)18-8-13-5-6-22(10-13)14-7-17(24)21(2)20-9-14/h7,9,11,13H,3-6,8,10H2,1-2H3,(H,18,23). The number of aromatic nitrogens is 3. The van der Waals surface area contributed by atoms with Gasteiger partial charge in [-0.2, -0.15) is 5.10 Å². The van der Waals surface area contributed by atoms with Crippen LogP contribution in [0.1, 0.15) is 23.4 Å². The van der Waals surface area contributed by atoms with Crippen molar-refractivity contribution >= 4 is 22.9 Å². The number of amides is 1. The Morgan fingerprint density at radius 2 is 2.32 bits per heavy atom. The molecule has 0 bridgehead atoms. The van der Waals surface area contributed by atoms with Gasteiger partial charge in [0.2, 0.25) is 5.91 Å². The lowest BCUT2D eigenvalue weighted by atomic mass is 10.1. The molecule has 3 rings (SSSR count). The van der Waals surface area contributed by atoms with Crippen LogP contribution in [0.5, 0.6) is 0 Å². The van der Waals surface area contributed by atoms with Crippen molar-refractivity contribution in [1.29, 1.82) is 0 Å². The third-order valence-electron chi connectivity index (χ3n) is 4.62. The van der Waals surface area contributed by atoms with E-state index in [0.29, 0.717) is 18.9 Å². The fourth-order valence-corrected chi connectivity index (χ4v) is 3.79. The minimum absolute atomic E-state index is 0.0847. The normalized spacial score (nSPS) is 17.0. The van der Waals surface area contributed by atoms with Crippen LogP contribution < -0.4 is 15.8 Å². The zero-order valence-electron chi connectivity index (χ0n) is 14.6. The van der Waals surface area contributed by atoms with Crippen LogP contribution in [0.25, 0.3) is 0 Å². The average Bonchev–Trinajstić information content (AvgIpc) is 3.22. The topological polar surface area (TPSA) is 80.1 Å². The second-order valence-corrected chi connectivity index (χ2v) is 7.38. The summed E-state index contributed by atoms with van der Waals surface area (Å²) in [7, 11) is 1.64. The second kappa shape index (κ2) is 7.77. The van der Waals surface area contributed by atoms with Gasteiger partial charge in [0.05, 0.1) is 23.1 Å². The number of hydrogen-bond donors (Lipinski definition) is 1. The van der Waals surface area contributed by atoms with E-state index in [9.17, 15) is 9.59 Å². The van der Waals surface area contributed by atoms with Crippen molar-refractivity contribution < 1.29 is 4.79 Å². The molecule has 1 amide bonds. The summed E-state index contributed by atoms with van der Waals surface area (Å²) in [4.78, 5) is 31.3. The number of nitrogens with zero attached hydrogens (tertiary/aromatic N) is 4. The third kappa shape index (κ3) is 4.45. The molecule has 2 aromatic heterocycles. The van der Waals surface area contributed by atoms with Crippen molar-refractivity contribution in [3.05, 3.63) is 38.7 Å². The zero-order chi connectivity index (χ0) is 17.8. The van der Waals surface area contributed by atoms with E-state index in [2.05, 4.69) is 20.3 Å². The average molecular weight is 361 g/mol. The molecule has 8 heteroatoms. The van der Waals surface area contributed by atoms with Gasteiger partial charge >= 0.3 is 0 Å². The predicted molar refractivity (Wildman–Crippen MR) is 98.0 cm³/mol. The predicted octanol–water partition coefficient (Wildman–Crippen LogP) is 1.12. The molecular weight excluding hydrogens is 338 g/mol. The van der Waals surface area contributed by atoms with E-state index in [1.165, 1.54) is 9.56 Å². The van der Waals surface area contributed by atoms with Gasteiger partial charge in [0.1, 0.15) is 0 Å². The number of thiazole rings is 1. The van der Waals surface area contributed by atoms with Gasteiger partial charge in [-0.05, 0) is 25.7 Å². The van der Waals surface area contributed by atoms with Crippen LogP contribution in [0.3, 0.4) is 0 Å². The summed E-state index contributed by atoms with van der Waals surface area (Å²) in [6.07, 6.45) is 3.97. The lowest BCUT2D eigenvalue weighted by Crippen LogP contribution is -2.31. The Kier molecular flexibility index (Phi) is 5.47. The van der Waals surface area contributed by atoms with Crippen molar-refractivity contribution in [3.63, 3.8) is 0 Å². The smallest absolute Gasteiger partial charge is 0.268 e. The van der Waals surface area contributed by atoms with Crippen molar-refractivity contribution in [2.24, 2.45) is 13.0 Å². The second-order valence-electron chi connectivity index (χ2n) is 6.44. The van der Waals surface area contributed by atoms with Crippen molar-refractivity contribution in [1.82, 2.24) is 20.1 Å². The van der Waals surface area contributed by atoms with Crippen LogP contribution in [-0.2, 0) is 18.3 Å². The fourth-order valence-electron chi connectivity index (χ4n) is 3.01. The number of nitrogens with one attached hydrogen (secondary N) is 1. The van der Waals surface area contributed by atoms with Crippen LogP contribution >= 0.6 is 11.3 Å². The van der Waals surface area contributed by atoms with E-state index < -0.39 is 0 Å². The highest BCUT2D eigenvalue weighted by Gasteiger charge is 2.23. The van der Waals surface area contributed by atoms with Crippen molar-refractivity contribution in [3.8, 4) is 0 Å². The highest BCUT2D eigenvalue weighted by Crippen LogP contribution is 2.21. The molecule has 1 atom stereocenters. The molecule has 0 aliphatic carbocycles. The molecule has 1 N–H and O–H groups in total. The molecular formula is C17H23N5O2S. The number of carbonyl (C=O) groups excluding carboxylic acids is 1. The van der Waals surface area contributed by atoms with E-state index in [4.69, 9.17) is 0 Å². The Labute approximate surface area is 150 Å². The van der Waals surface area contributed by atoms with Gasteiger partial charge in [0.15, 0.2) is 0 Å². The fraction of sp³-hybridized carbons (Fsp3) is 0.529. The molecule has 0 radical (unpaired) electrons. The monoisotopic (exact) mass is 361 g/mol. The minimum atomic E-state index is -0.104. The molecule has 2 aromatic rings. The minimum Gasteiger partial charge on any atom is -0.370 e. The number of aryl methyl sites for hydroxylation is 3. The number of hydrogen-bond acceptors (Lipinski definition) is 6. The molecule has 1 unspecified atom stereocenters. The molecule has 0 aromatic carbocycles. The molecule has 7 nitrogen and oxygen atoms in total. The van der Waals surface area contributed by atoms with Crippen LogP contribution in [0.4, 0.5) is 5.69 Å². The van der Waals surface area contributed by atoms with Crippen LogP contribution in [0.2, 0.25) is 0 Å². The molecule has 3 heterocycles. The van der Waals surface area contributed by atoms with Gasteiger partial charge in [-0.1, -0.05) is 0 Å². The van der Waals surface area contributed by atoms with E-state index in [-0.39, 0.29) is 11.5 Å².